The van der Waals surface area contributed by atoms with E-state index in [0.29, 0.717) is 6.42 Å². The van der Waals surface area contributed by atoms with Crippen LogP contribution in [0.15, 0.2) is 97.2 Å². The molecule has 2 unspecified atom stereocenters. The second-order valence-electron chi connectivity index (χ2n) is 25.1. The molecule has 0 saturated heterocycles. The van der Waals surface area contributed by atoms with Gasteiger partial charge in [0.15, 0.2) is 6.10 Å². The average Bonchev–Trinajstić information content (AvgIpc) is 3.66. The zero-order valence-corrected chi connectivity index (χ0v) is 59.1. The maximum Gasteiger partial charge on any atom is 0.472 e. The predicted octanol–water partition coefficient (Wildman–Crippen LogP) is 25.1. The van der Waals surface area contributed by atoms with Gasteiger partial charge in [-0.1, -0.05) is 349 Å². The van der Waals surface area contributed by atoms with Crippen LogP contribution in [-0.4, -0.2) is 49.3 Å². The number of ether oxygens (including phenoxy) is 2. The molecule has 0 aromatic rings. The lowest BCUT2D eigenvalue weighted by molar-refractivity contribution is -0.161. The number of nitrogens with two attached hydrogens (primary N) is 1. The van der Waals surface area contributed by atoms with Crippen LogP contribution in [-0.2, 0) is 32.7 Å². The Hall–Kier alpha value is -3.07. The molecule has 0 spiro atoms. The Labute approximate surface area is 550 Å². The molecule has 10 heteroatoms. The van der Waals surface area contributed by atoms with Gasteiger partial charge in [-0.3, -0.25) is 18.6 Å². The number of unbranched alkanes of at least 4 members (excludes halogenated alkanes) is 42. The summed E-state index contributed by atoms with van der Waals surface area (Å²) in [5, 5.41) is 0. The molecule has 0 aliphatic heterocycles. The lowest BCUT2D eigenvalue weighted by Gasteiger charge is -2.19. The van der Waals surface area contributed by atoms with Gasteiger partial charge in [-0.2, -0.15) is 0 Å². The molecular weight excluding hydrogens is 1120 g/mol. The van der Waals surface area contributed by atoms with E-state index in [4.69, 9.17) is 24.3 Å². The summed E-state index contributed by atoms with van der Waals surface area (Å²) in [7, 11) is -4.40. The van der Waals surface area contributed by atoms with E-state index in [-0.39, 0.29) is 38.6 Å². The molecule has 2 atom stereocenters. The highest BCUT2D eigenvalue weighted by Crippen LogP contribution is 2.43. The van der Waals surface area contributed by atoms with Crippen molar-refractivity contribution in [3.63, 3.8) is 0 Å². The molecule has 0 saturated carbocycles. The summed E-state index contributed by atoms with van der Waals surface area (Å²) in [6.07, 6.45) is 101. The minimum Gasteiger partial charge on any atom is -0.462 e. The average molecular weight is 1260 g/mol. The second-order valence-corrected chi connectivity index (χ2v) is 26.6. The van der Waals surface area contributed by atoms with Crippen LogP contribution >= 0.6 is 7.82 Å². The summed E-state index contributed by atoms with van der Waals surface area (Å²) in [5.41, 5.74) is 5.41. The van der Waals surface area contributed by atoms with Gasteiger partial charge in [0.1, 0.15) is 6.61 Å². The molecule has 0 heterocycles. The van der Waals surface area contributed by atoms with Gasteiger partial charge in [0.25, 0.3) is 0 Å². The molecular formula is C79H142NO8P. The Bertz CT molecular complexity index is 1780. The predicted molar refractivity (Wildman–Crippen MR) is 385 cm³/mol. The molecule has 0 rings (SSSR count). The van der Waals surface area contributed by atoms with Crippen molar-refractivity contribution in [2.24, 2.45) is 5.73 Å². The number of phosphoric ester groups is 1. The third kappa shape index (κ3) is 73.9. The highest BCUT2D eigenvalue weighted by Gasteiger charge is 2.26. The fourth-order valence-electron chi connectivity index (χ4n) is 10.9. The number of rotatable bonds is 71. The topological polar surface area (TPSA) is 134 Å². The molecule has 0 amide bonds. The van der Waals surface area contributed by atoms with E-state index in [1.807, 2.05) is 0 Å². The van der Waals surface area contributed by atoms with Crippen molar-refractivity contribution in [3.05, 3.63) is 97.2 Å². The summed E-state index contributed by atoms with van der Waals surface area (Å²) < 4.78 is 33.2. The van der Waals surface area contributed by atoms with Crippen LogP contribution in [0.2, 0.25) is 0 Å². The zero-order chi connectivity index (χ0) is 64.4. The number of carbonyl (C=O) groups excluding carboxylic acids is 2. The van der Waals surface area contributed by atoms with Crippen molar-refractivity contribution in [3.8, 4) is 0 Å². The third-order valence-electron chi connectivity index (χ3n) is 16.5. The van der Waals surface area contributed by atoms with E-state index in [0.717, 1.165) is 83.5 Å². The standard InChI is InChI=1S/C79H142NO8P/c1-3-5-7-9-11-13-15-17-19-21-23-25-27-29-31-33-35-37-38-40-42-44-46-48-50-52-54-56-58-60-62-64-66-68-70-72-79(82)88-77(76-87-89(83,84)86-74-73-80)75-85-78(81)71-69-67-65-63-61-59-57-55-53-51-49-47-45-43-41-39-36-34-32-30-28-26-24-22-20-18-16-14-12-10-8-6-4-2/h5,7,11,13,16-19,22-25,29,31,35,37,77H,3-4,6,8-10,12,14-15,20-21,26-28,30,32-34,36,38-76,80H2,1-2H3,(H,83,84)/b7-5-,13-11-,18-16-,19-17-,24-22-,25-23-,31-29-,37-35-. The largest absolute Gasteiger partial charge is 0.472 e. The van der Waals surface area contributed by atoms with Gasteiger partial charge in [0.05, 0.1) is 13.2 Å². The molecule has 0 radical (unpaired) electrons. The second kappa shape index (κ2) is 74.0. The quantitative estimate of drug-likeness (QED) is 0.0264. The Kier molecular flexibility index (Phi) is 71.4. The van der Waals surface area contributed by atoms with Crippen LogP contribution in [0.3, 0.4) is 0 Å². The smallest absolute Gasteiger partial charge is 0.462 e. The lowest BCUT2D eigenvalue weighted by Crippen LogP contribution is -2.29. The summed E-state index contributed by atoms with van der Waals surface area (Å²) in [5.74, 6) is -0.813. The van der Waals surface area contributed by atoms with Gasteiger partial charge in [0.2, 0.25) is 0 Å². The molecule has 0 fully saturated rings. The van der Waals surface area contributed by atoms with E-state index in [9.17, 15) is 19.0 Å². The van der Waals surface area contributed by atoms with Gasteiger partial charge in [0, 0.05) is 19.4 Å². The first-order valence-electron chi connectivity index (χ1n) is 37.7. The first-order chi connectivity index (χ1) is 43.8. The lowest BCUT2D eigenvalue weighted by atomic mass is 10.0. The van der Waals surface area contributed by atoms with Crippen molar-refractivity contribution in [1.82, 2.24) is 0 Å². The van der Waals surface area contributed by atoms with Gasteiger partial charge < -0.3 is 20.1 Å². The van der Waals surface area contributed by atoms with Crippen molar-refractivity contribution in [2.45, 2.75) is 367 Å². The van der Waals surface area contributed by atoms with Crippen molar-refractivity contribution >= 4 is 19.8 Å². The Morgan fingerprint density at radius 3 is 0.921 bits per heavy atom. The minimum atomic E-state index is -4.40. The van der Waals surface area contributed by atoms with E-state index < -0.39 is 26.5 Å². The van der Waals surface area contributed by atoms with Crippen molar-refractivity contribution in [1.29, 1.82) is 0 Å². The number of phosphoric acid groups is 1. The third-order valence-corrected chi connectivity index (χ3v) is 17.4. The fourth-order valence-corrected chi connectivity index (χ4v) is 11.7. The van der Waals surface area contributed by atoms with Crippen molar-refractivity contribution in [2.75, 3.05) is 26.4 Å². The molecule has 0 bridgehead atoms. The van der Waals surface area contributed by atoms with E-state index in [1.54, 1.807) is 0 Å². The zero-order valence-electron chi connectivity index (χ0n) is 58.2. The van der Waals surface area contributed by atoms with Crippen LogP contribution in [0.25, 0.3) is 0 Å². The van der Waals surface area contributed by atoms with Crippen LogP contribution in [0.1, 0.15) is 361 Å². The molecule has 9 nitrogen and oxygen atoms in total. The van der Waals surface area contributed by atoms with E-state index in [1.165, 1.54) is 244 Å². The Morgan fingerprint density at radius 2 is 0.618 bits per heavy atom. The molecule has 89 heavy (non-hydrogen) atoms. The van der Waals surface area contributed by atoms with Gasteiger partial charge in [-0.15, -0.1) is 0 Å². The van der Waals surface area contributed by atoms with Gasteiger partial charge in [-0.25, -0.2) is 4.57 Å². The van der Waals surface area contributed by atoms with E-state index in [2.05, 4.69) is 111 Å². The minimum absolute atomic E-state index is 0.0525. The number of hydrogen-bond donors (Lipinski definition) is 2. The van der Waals surface area contributed by atoms with Crippen LogP contribution < -0.4 is 5.73 Å². The first-order valence-corrected chi connectivity index (χ1v) is 39.2. The summed E-state index contributed by atoms with van der Waals surface area (Å²) >= 11 is 0. The van der Waals surface area contributed by atoms with Crippen LogP contribution in [0, 0.1) is 0 Å². The summed E-state index contributed by atoms with van der Waals surface area (Å²) in [6, 6.07) is 0. The monoisotopic (exact) mass is 1260 g/mol. The van der Waals surface area contributed by atoms with Crippen molar-refractivity contribution < 1.29 is 37.6 Å². The normalized spacial score (nSPS) is 13.4. The number of esters is 2. The number of allylic oxidation sites excluding steroid dienone is 16. The molecule has 0 aromatic carbocycles. The number of hydrogen-bond acceptors (Lipinski definition) is 8. The highest BCUT2D eigenvalue weighted by atomic mass is 31.2. The Morgan fingerprint density at radius 1 is 0.348 bits per heavy atom. The summed E-state index contributed by atoms with van der Waals surface area (Å²) in [6.45, 7) is 3.67. The van der Waals surface area contributed by atoms with Crippen LogP contribution in [0.4, 0.5) is 0 Å². The number of carbonyl (C=O) groups is 2. The maximum absolute atomic E-state index is 12.8. The molecule has 0 aliphatic carbocycles. The SMILES string of the molecule is CC/C=C\C/C=C\C/C=C\C/C=C\C/C=C\C/C=C\CCCCCCCCCCCCCCCCCCC(=O)OC(COC(=O)CCCCCCCCCCCCCCCCCCCCCCC/C=C\C/C=C\CCCCCCC)COP(=O)(O)OCCN. The highest BCUT2D eigenvalue weighted by molar-refractivity contribution is 7.47. The van der Waals surface area contributed by atoms with Gasteiger partial charge >= 0.3 is 19.8 Å². The van der Waals surface area contributed by atoms with Gasteiger partial charge in [-0.05, 0) is 96.3 Å². The fraction of sp³-hybridized carbons (Fsp3) is 0.772. The van der Waals surface area contributed by atoms with Crippen LogP contribution in [0.5, 0.6) is 0 Å². The maximum atomic E-state index is 12.8. The Balaban J connectivity index is 3.82. The summed E-state index contributed by atoms with van der Waals surface area (Å²) in [4.78, 5) is 35.4. The van der Waals surface area contributed by atoms with E-state index >= 15 is 0 Å². The molecule has 3 N–H and O–H groups in total. The molecule has 0 aliphatic rings. The first kappa shape index (κ1) is 85.9. The molecule has 0 aromatic heterocycles. The molecule has 516 valence electrons.